The Hall–Kier alpha value is -14.2. The molecule has 5 aromatic carbocycles. The number of aromatic hydroxyl groups is 2. The number of aliphatic hydroxyl groups excluding tert-OH is 2. The molecule has 0 spiro atoms. The number of nitrogens with two attached hydrogens (primary N) is 2. The van der Waals surface area contributed by atoms with Crippen molar-refractivity contribution in [1.82, 2.24) is 77.3 Å². The summed E-state index contributed by atoms with van der Waals surface area (Å²) in [5.74, 6) is -29.8. The summed E-state index contributed by atoms with van der Waals surface area (Å²) in [6.45, 7) is 2.51. The van der Waals surface area contributed by atoms with Gasteiger partial charge < -0.3 is 119 Å². The van der Waals surface area contributed by atoms with Crippen LogP contribution in [0.2, 0.25) is 0 Å². The normalized spacial score (nSPS) is 24.2. The smallest absolute Gasteiger partial charge is 0.305 e. The molecule has 9 rings (SSSR count). The highest BCUT2D eigenvalue weighted by molar-refractivity contribution is 8.00. The van der Waals surface area contributed by atoms with Crippen LogP contribution in [-0.2, 0) is 118 Å². The second kappa shape index (κ2) is 49.3. The molecule has 1 aromatic heterocycles. The average Bonchev–Trinajstić information content (AvgIpc) is 1.48. The number of carbonyl (C=O) groups excluding carboxylic acids is 16. The van der Waals surface area contributed by atoms with E-state index in [0.29, 0.717) is 52.3 Å². The van der Waals surface area contributed by atoms with Crippen LogP contribution in [0.4, 0.5) is 13.2 Å². The van der Waals surface area contributed by atoms with E-state index in [0.717, 1.165) is 38.6 Å². The van der Waals surface area contributed by atoms with Crippen LogP contribution in [0.3, 0.4) is 0 Å². The van der Waals surface area contributed by atoms with E-state index in [4.69, 9.17) is 11.5 Å². The number of thioether (sulfide) groups is 1. The van der Waals surface area contributed by atoms with Crippen LogP contribution in [0.1, 0.15) is 113 Å². The SMILES string of the molecule is CCCC[C@H]1C(=O)N2C[C@H](O)C[C@@H]2C(=O)N[C@@H](CC(=O)O)C(=O)N[C@@H](C(C)C)C(=O)N(C)[C@@H](Cc2ccccc2)C(=O)N[C@@H](CCC(=O)O)C(=O)N2C[C@H](O)C[C@@H]2C(=O)N[C@@H](Cc2c[nH]c3ccccc23)C(=O)N[C@@H](Cc2ccc(O)cc2)C(=O)N[C@@H](CCC(N)=O)C(=O)N[C@H](C(=O)NCC(N)=O)CSCC(=O)N[C@@H](Cc2cc(F)c(F)c(F)c2)C(=O)N(C)[C@@H](Cc2ccc(O)cc2)C(=O)N1C. The highest BCUT2D eigenvalue weighted by atomic mass is 32.2. The number of primary amides is 2. The molecule has 137 heavy (non-hydrogen) atoms. The molecule has 0 unspecified atom stereocenters. The number of amides is 16. The number of halogens is 3. The molecule has 3 saturated heterocycles. The third-order valence-corrected chi connectivity index (χ3v) is 24.8. The molecule has 0 saturated carbocycles. The lowest BCUT2D eigenvalue weighted by Gasteiger charge is -2.38. The Kier molecular flexibility index (Phi) is 38.3. The molecule has 3 fully saturated rings. The zero-order valence-electron chi connectivity index (χ0n) is 75.9. The summed E-state index contributed by atoms with van der Waals surface area (Å²) in [7, 11) is 3.40. The van der Waals surface area contributed by atoms with Gasteiger partial charge in [0.05, 0.1) is 30.9 Å². The molecule has 738 valence electrons. The number of aliphatic carboxylic acids is 2. The molecule has 3 aliphatic heterocycles. The molecule has 0 aliphatic carbocycles. The van der Waals surface area contributed by atoms with Gasteiger partial charge in [0.15, 0.2) is 17.5 Å². The van der Waals surface area contributed by atoms with E-state index >= 15 is 51.9 Å². The Morgan fingerprint density at radius 2 is 0.985 bits per heavy atom. The Labute approximate surface area is 788 Å². The monoisotopic (exact) mass is 1930 g/mol. The standard InChI is InChI=1S/C92H114F3N17O24S/c1-7-8-18-68-91(135)112-44-56(116)39-71(112)87(131)105-65(40-77(122)123)84(128)107-79(47(2)3)92(136)109(5)69(35-48-14-10-9-11-15-48)85(129)102-62(28-30-76(120)121)89(133)111-43-55(115)38-70(111)86(130)104-64(37-52-41-98-60-17-13-12-16-57(52)60)83(127)103-63(33-49-19-23-53(113)24-20-49)82(126)101-61(27-29-73(96)117)81(125)106-67(80(124)99-42-74(97)118)45-137-46-75(119)100-66(34-51-31-58(93)78(95)59(94)32-51)88(132)110(6)72(90(134)108(68)4)36-50-21-25-54(114)26-22-50/h9-17,19-26,31-32,41,47,55-56,61-72,79,98,113-116H,7-8,18,27-30,33-40,42-46H2,1-6H3,(H2,96,117)(H2,97,118)(H,99,124)(H,100,119)(H,101,126)(H,102,129)(H,103,127)(H,104,130)(H,105,131)(H,106,125)(H,107,128)(H,120,121)(H,122,123)/t55-,56-,61+,62+,63+,64+,65+,66+,67+,68+,69+,70-,71-,72+,79+/m1/s1. The number of likely N-dealkylation sites (N-methyl/N-ethyl adjacent to an activating group) is 3. The van der Waals surface area contributed by atoms with E-state index in [1.165, 1.54) is 75.6 Å². The number of rotatable bonds is 25. The molecule has 0 bridgehead atoms. The summed E-state index contributed by atoms with van der Waals surface area (Å²) in [5.41, 5.74) is 12.3. The Balaban J connectivity index is 1.15. The Morgan fingerprint density at radius 1 is 0.489 bits per heavy atom. The number of H-pyrrole nitrogens is 1. The number of phenols is 2. The van der Waals surface area contributed by atoms with Crippen LogP contribution >= 0.6 is 11.8 Å². The van der Waals surface area contributed by atoms with Gasteiger partial charge in [0.25, 0.3) is 0 Å². The van der Waals surface area contributed by atoms with Crippen LogP contribution in [0.25, 0.3) is 10.9 Å². The second-order valence-electron chi connectivity index (χ2n) is 34.4. The first-order valence-corrected chi connectivity index (χ1v) is 45.4. The zero-order valence-corrected chi connectivity index (χ0v) is 76.7. The molecule has 6 aromatic rings. The van der Waals surface area contributed by atoms with Crippen molar-refractivity contribution in [2.75, 3.05) is 52.3 Å². The van der Waals surface area contributed by atoms with Crippen LogP contribution in [0.15, 0.2) is 121 Å². The zero-order chi connectivity index (χ0) is 101. The molecule has 0 radical (unpaired) electrons. The van der Waals surface area contributed by atoms with Gasteiger partial charge in [-0.25, -0.2) is 13.2 Å². The minimum Gasteiger partial charge on any atom is -0.508 e. The summed E-state index contributed by atoms with van der Waals surface area (Å²) < 4.78 is 45.1. The number of aromatic amines is 1. The third-order valence-electron chi connectivity index (χ3n) is 23.8. The van der Waals surface area contributed by atoms with Gasteiger partial charge in [0.2, 0.25) is 94.5 Å². The van der Waals surface area contributed by atoms with Crippen molar-refractivity contribution in [3.05, 3.63) is 167 Å². The number of hydrogen-bond donors (Lipinski definition) is 18. The van der Waals surface area contributed by atoms with Crippen LogP contribution in [-0.4, -0.2) is 310 Å². The number of aliphatic hydroxyl groups is 2. The lowest BCUT2D eigenvalue weighted by Crippen LogP contribution is -2.62. The number of carboxylic acids is 2. The van der Waals surface area contributed by atoms with Crippen molar-refractivity contribution < 1.29 is 130 Å². The van der Waals surface area contributed by atoms with Gasteiger partial charge in [-0.15, -0.1) is 11.8 Å². The summed E-state index contributed by atoms with van der Waals surface area (Å²) in [4.78, 5) is 270. The average molecular weight is 1930 g/mol. The minimum atomic E-state index is -2.10. The maximum absolute atomic E-state index is 15.7. The maximum Gasteiger partial charge on any atom is 0.305 e. The van der Waals surface area contributed by atoms with Crippen molar-refractivity contribution in [3.8, 4) is 11.5 Å². The molecular formula is C92H114F3N17O24S. The number of hydrogen-bond acceptors (Lipinski definition) is 23. The lowest BCUT2D eigenvalue weighted by molar-refractivity contribution is -0.152. The van der Waals surface area contributed by atoms with Crippen LogP contribution < -0.4 is 59.3 Å². The first-order valence-electron chi connectivity index (χ1n) is 44.2. The van der Waals surface area contributed by atoms with E-state index in [2.05, 4.69) is 52.8 Å². The molecule has 4 heterocycles. The summed E-state index contributed by atoms with van der Waals surface area (Å²) >= 11 is 0.551. The first kappa shape index (κ1) is 106. The van der Waals surface area contributed by atoms with E-state index in [1.807, 2.05) is 0 Å². The molecule has 41 nitrogen and oxygen atoms in total. The van der Waals surface area contributed by atoms with Gasteiger partial charge in [-0.05, 0) is 95.5 Å². The van der Waals surface area contributed by atoms with Gasteiger partial charge >= 0.3 is 11.9 Å². The highest BCUT2D eigenvalue weighted by Gasteiger charge is 2.49. The van der Waals surface area contributed by atoms with E-state index < -0.39 is 328 Å². The van der Waals surface area contributed by atoms with Crippen molar-refractivity contribution in [3.63, 3.8) is 0 Å². The predicted octanol–water partition coefficient (Wildman–Crippen LogP) is -1.41. The summed E-state index contributed by atoms with van der Waals surface area (Å²) in [6, 6.07) is 2.30. The fraction of sp³-hybridized carbons (Fsp3) is 0.457. The second-order valence-corrected chi connectivity index (χ2v) is 35.4. The molecule has 16 amide bonds. The van der Waals surface area contributed by atoms with Crippen LogP contribution in [0.5, 0.6) is 11.5 Å². The van der Waals surface area contributed by atoms with Crippen LogP contribution in [0, 0.1) is 23.4 Å². The fourth-order valence-corrected chi connectivity index (χ4v) is 17.2. The number of aromatic nitrogens is 1. The number of carboxylic acid groups (broad SMARTS) is 2. The summed E-state index contributed by atoms with van der Waals surface area (Å²) in [5, 5.41) is 86.9. The molecular weight excluding hydrogens is 1820 g/mol. The van der Waals surface area contributed by atoms with Crippen molar-refractivity contribution in [2.24, 2.45) is 17.4 Å². The summed E-state index contributed by atoms with van der Waals surface area (Å²) in [6.07, 6.45) is -9.05. The van der Waals surface area contributed by atoms with E-state index in [1.54, 1.807) is 61.5 Å². The molecule has 3 aliphatic rings. The minimum absolute atomic E-state index is 0.167. The highest BCUT2D eigenvalue weighted by Crippen LogP contribution is 2.29. The number of fused-ring (bicyclic) bond motifs is 3. The first-order chi connectivity index (χ1) is 64.9. The molecule has 20 N–H and O–H groups in total. The number of unbranched alkanes of at least 4 members (excludes halogenated alkanes) is 1. The number of benzene rings is 5. The number of nitrogens with zero attached hydrogens (tertiary/aromatic N) is 5. The Bertz CT molecular complexity index is 5410. The van der Waals surface area contributed by atoms with E-state index in [9.17, 15) is 78.2 Å². The van der Waals surface area contributed by atoms with Gasteiger partial charge in [0, 0.05) is 115 Å². The van der Waals surface area contributed by atoms with Crippen molar-refractivity contribution >= 4 is 129 Å². The van der Waals surface area contributed by atoms with E-state index in [-0.39, 0.29) is 41.9 Å². The van der Waals surface area contributed by atoms with Gasteiger partial charge in [-0.1, -0.05) is 106 Å². The predicted molar refractivity (Wildman–Crippen MR) is 485 cm³/mol. The van der Waals surface area contributed by atoms with Crippen molar-refractivity contribution in [1.29, 1.82) is 0 Å². The van der Waals surface area contributed by atoms with Gasteiger partial charge in [0.1, 0.15) is 90.0 Å². The van der Waals surface area contributed by atoms with Gasteiger partial charge in [-0.3, -0.25) is 86.3 Å². The maximum atomic E-state index is 15.7. The largest absolute Gasteiger partial charge is 0.508 e. The third kappa shape index (κ3) is 29.6. The lowest BCUT2D eigenvalue weighted by atomic mass is 9.98. The molecule has 15 atom stereocenters. The fourth-order valence-electron chi connectivity index (χ4n) is 16.3. The number of carbonyl (C=O) groups is 18. The molecule has 45 heteroatoms. The number of para-hydroxylation sites is 1. The van der Waals surface area contributed by atoms with Gasteiger partial charge in [-0.2, -0.15) is 0 Å². The topological polar surface area (TPSA) is 621 Å². The number of phenolic OH excluding ortho intramolecular Hbond substituents is 2. The van der Waals surface area contributed by atoms with Crippen molar-refractivity contribution in [2.45, 2.75) is 208 Å². The number of nitrogens with one attached hydrogen (secondary N) is 10. The quantitative estimate of drug-likeness (QED) is 0.0293. The Morgan fingerprint density at radius 3 is 1.56 bits per heavy atom.